The molecule has 0 aliphatic rings. The van der Waals surface area contributed by atoms with Gasteiger partial charge in [0, 0.05) is 38.2 Å². The van der Waals surface area contributed by atoms with Crippen LogP contribution in [0.2, 0.25) is 0 Å². The van der Waals surface area contributed by atoms with Crippen LogP contribution in [0, 0.1) is 0 Å². The molecule has 7 aromatic carbocycles. The minimum absolute atomic E-state index is 0.148. The normalized spacial score (nSPS) is 13.0. The lowest BCUT2D eigenvalue weighted by Crippen LogP contribution is -2.06. The molecule has 10 aromatic rings. The molecule has 0 amide bonds. The predicted octanol–water partition coefficient (Wildman–Crippen LogP) is 11.1. The maximum atomic E-state index is 8.87. The maximum Gasteiger partial charge on any atom is 0.238 e. The molecule has 0 saturated carbocycles. The summed E-state index contributed by atoms with van der Waals surface area (Å²) >= 11 is 0. The van der Waals surface area contributed by atoms with E-state index in [9.17, 15) is 0 Å². The largest absolute Gasteiger partial charge is 0.309 e. The lowest BCUT2D eigenvalue weighted by atomic mass is 10.0. The highest BCUT2D eigenvalue weighted by Crippen LogP contribution is 2.41. The van der Waals surface area contributed by atoms with Crippen molar-refractivity contribution in [2.45, 2.75) is 0 Å². The Morgan fingerprint density at radius 1 is 0.400 bits per heavy atom. The zero-order valence-electron chi connectivity index (χ0n) is 31.6. The van der Waals surface area contributed by atoms with Crippen LogP contribution in [-0.2, 0) is 0 Å². The molecule has 10 rings (SSSR count). The van der Waals surface area contributed by atoms with Gasteiger partial charge in [-0.3, -0.25) is 4.57 Å². The fourth-order valence-corrected chi connectivity index (χ4v) is 7.07. The number of hydrogen-bond donors (Lipinski definition) is 0. The third-order valence-corrected chi connectivity index (χ3v) is 9.27. The van der Waals surface area contributed by atoms with Crippen molar-refractivity contribution in [3.8, 4) is 45.5 Å². The van der Waals surface area contributed by atoms with Crippen LogP contribution in [0.5, 0.6) is 0 Å². The fraction of sp³-hybridized carbons (Fsp3) is 0. The Morgan fingerprint density at radius 2 is 0.920 bits per heavy atom. The molecule has 3 heterocycles. The highest BCUT2D eigenvalue weighted by molar-refractivity contribution is 6.19. The van der Waals surface area contributed by atoms with E-state index in [0.717, 1.165) is 54.7 Å². The molecular weight excluding hydrogens is 611 g/mol. The van der Waals surface area contributed by atoms with E-state index in [2.05, 4.69) is 45.5 Å². The first kappa shape index (κ1) is 23.5. The Morgan fingerprint density at radius 3 is 1.56 bits per heavy atom. The van der Waals surface area contributed by atoms with Crippen LogP contribution in [0.3, 0.4) is 0 Å². The number of benzene rings is 7. The van der Waals surface area contributed by atoms with Gasteiger partial charge in [-0.1, -0.05) is 145 Å². The quantitative estimate of drug-likeness (QED) is 0.187. The van der Waals surface area contributed by atoms with Crippen LogP contribution >= 0.6 is 0 Å². The number of aromatic nitrogens is 5. The lowest BCUT2D eigenvalue weighted by Gasteiger charge is -2.14. The second kappa shape index (κ2) is 11.4. The first-order chi connectivity index (χ1) is 26.9. The molecule has 0 aliphatic carbocycles. The minimum Gasteiger partial charge on any atom is -0.309 e. The van der Waals surface area contributed by atoms with Crippen molar-refractivity contribution in [2.24, 2.45) is 0 Å². The van der Waals surface area contributed by atoms with Crippen LogP contribution in [-0.4, -0.2) is 24.1 Å². The minimum atomic E-state index is -0.424. The highest BCUT2D eigenvalue weighted by atomic mass is 15.2. The summed E-state index contributed by atoms with van der Waals surface area (Å²) in [7, 11) is 0. The molecular formula is C45H29N5. The Bertz CT molecular complexity index is 3070. The smallest absolute Gasteiger partial charge is 0.238 e. The van der Waals surface area contributed by atoms with Crippen molar-refractivity contribution in [3.63, 3.8) is 0 Å². The molecule has 5 heteroatoms. The number of para-hydroxylation sites is 3. The van der Waals surface area contributed by atoms with E-state index >= 15 is 0 Å². The second-order valence-corrected chi connectivity index (χ2v) is 12.1. The molecule has 0 bridgehead atoms. The van der Waals surface area contributed by atoms with Crippen LogP contribution in [0.4, 0.5) is 0 Å². The predicted molar refractivity (Wildman–Crippen MR) is 205 cm³/mol. The summed E-state index contributed by atoms with van der Waals surface area (Å²) in [4.78, 5) is 15.2. The van der Waals surface area contributed by atoms with Crippen LogP contribution in [0.15, 0.2) is 176 Å². The molecule has 0 unspecified atom stereocenters. The van der Waals surface area contributed by atoms with Crippen LogP contribution in [0.1, 0.15) is 6.85 Å². The summed E-state index contributed by atoms with van der Waals surface area (Å²) in [5, 5.41) is 4.09. The van der Waals surface area contributed by atoms with Crippen molar-refractivity contribution >= 4 is 43.6 Å². The van der Waals surface area contributed by atoms with Gasteiger partial charge in [0.25, 0.3) is 0 Å². The van der Waals surface area contributed by atoms with Gasteiger partial charge in [-0.15, -0.1) is 0 Å². The van der Waals surface area contributed by atoms with Crippen molar-refractivity contribution in [1.29, 1.82) is 0 Å². The summed E-state index contributed by atoms with van der Waals surface area (Å²) in [5.74, 6) is 1.58. The average Bonchev–Trinajstić information content (AvgIpc) is 3.74. The van der Waals surface area contributed by atoms with Crippen molar-refractivity contribution in [3.05, 3.63) is 176 Å². The van der Waals surface area contributed by atoms with E-state index in [0.29, 0.717) is 28.8 Å². The standard InChI is InChI=1S/C45H29N5/c1-4-16-30(17-5-1)33-22-10-13-25-38(33)49-39-26-14-11-23-34(39)36-28-37-35-24-12-15-27-40(35)50(42(37)29-41(36)49)45-47-43(31-18-6-2-7-19-31)46-44(48-45)32-20-8-3-9-21-32/h1-29H/i1D,4D,5D,16D,17D. The second-order valence-electron chi connectivity index (χ2n) is 12.1. The van der Waals surface area contributed by atoms with Gasteiger partial charge < -0.3 is 4.57 Å². The number of hydrogen-bond acceptors (Lipinski definition) is 3. The van der Waals surface area contributed by atoms with E-state index in [-0.39, 0.29) is 29.7 Å². The van der Waals surface area contributed by atoms with Gasteiger partial charge in [-0.05, 0) is 35.9 Å². The number of rotatable bonds is 5. The van der Waals surface area contributed by atoms with E-state index in [1.165, 1.54) is 0 Å². The van der Waals surface area contributed by atoms with Gasteiger partial charge in [0.15, 0.2) is 11.6 Å². The van der Waals surface area contributed by atoms with Crippen molar-refractivity contribution < 1.29 is 6.85 Å². The van der Waals surface area contributed by atoms with Gasteiger partial charge in [-0.25, -0.2) is 4.98 Å². The zero-order valence-corrected chi connectivity index (χ0v) is 26.6. The highest BCUT2D eigenvalue weighted by Gasteiger charge is 2.21. The van der Waals surface area contributed by atoms with Crippen molar-refractivity contribution in [2.75, 3.05) is 0 Å². The number of fused-ring (bicyclic) bond motifs is 6. The average molecular weight is 645 g/mol. The molecule has 0 saturated heterocycles. The molecule has 0 N–H and O–H groups in total. The summed E-state index contributed by atoms with van der Waals surface area (Å²) in [6.07, 6.45) is 0. The summed E-state index contributed by atoms with van der Waals surface area (Å²) in [6, 6.07) is 46.4. The number of nitrogens with zero attached hydrogens (tertiary/aromatic N) is 5. The Kier molecular flexibility index (Phi) is 5.35. The Hall–Kier alpha value is -6.85. The Labute approximate surface area is 295 Å². The molecule has 0 spiro atoms. The van der Waals surface area contributed by atoms with Gasteiger partial charge in [0.1, 0.15) is 0 Å². The Balaban J connectivity index is 1.32. The summed E-state index contributed by atoms with van der Waals surface area (Å²) < 4.78 is 47.1. The lowest BCUT2D eigenvalue weighted by molar-refractivity contribution is 0.953. The molecule has 5 nitrogen and oxygen atoms in total. The third kappa shape index (κ3) is 4.45. The van der Waals surface area contributed by atoms with Gasteiger partial charge in [0.05, 0.1) is 34.6 Å². The molecule has 0 fully saturated rings. The summed E-state index contributed by atoms with van der Waals surface area (Å²) in [6.45, 7) is 0. The fourth-order valence-electron chi connectivity index (χ4n) is 7.07. The first-order valence-corrected chi connectivity index (χ1v) is 16.4. The van der Waals surface area contributed by atoms with E-state index in [1.807, 2.05) is 109 Å². The molecule has 3 aromatic heterocycles. The molecule has 50 heavy (non-hydrogen) atoms. The third-order valence-electron chi connectivity index (χ3n) is 9.27. The first-order valence-electron chi connectivity index (χ1n) is 18.9. The van der Waals surface area contributed by atoms with E-state index in [1.54, 1.807) is 0 Å². The molecule has 0 atom stereocenters. The van der Waals surface area contributed by atoms with Crippen molar-refractivity contribution in [1.82, 2.24) is 24.1 Å². The topological polar surface area (TPSA) is 48.5 Å². The zero-order chi connectivity index (χ0) is 37.4. The van der Waals surface area contributed by atoms with Crippen LogP contribution in [0.25, 0.3) is 89.2 Å². The maximum absolute atomic E-state index is 8.87. The summed E-state index contributed by atoms with van der Waals surface area (Å²) in [5.41, 5.74) is 6.71. The monoisotopic (exact) mass is 644 g/mol. The van der Waals surface area contributed by atoms with Gasteiger partial charge in [-0.2, -0.15) is 9.97 Å². The van der Waals surface area contributed by atoms with Gasteiger partial charge in [0.2, 0.25) is 5.95 Å². The van der Waals surface area contributed by atoms with Crippen LogP contribution < -0.4 is 0 Å². The SMILES string of the molecule is [2H]c1c([2H])c([2H])c(-c2ccccc2-n2c3ccccc3c3cc4c5ccccc5n(-c5nc(-c6ccccc6)nc(-c6ccccc6)n5)c4cc32)c([2H])c1[2H]. The molecule has 0 radical (unpaired) electrons. The van der Waals surface area contributed by atoms with E-state index in [4.69, 9.17) is 21.8 Å². The van der Waals surface area contributed by atoms with Gasteiger partial charge >= 0.3 is 0 Å². The molecule has 234 valence electrons. The van der Waals surface area contributed by atoms with E-state index < -0.39 is 6.04 Å². The molecule has 0 aliphatic heterocycles.